The number of amides is 1. The van der Waals surface area contributed by atoms with Gasteiger partial charge in [0.1, 0.15) is 5.54 Å². The number of carboxylic acids is 1. The Hall–Kier alpha value is -3.20. The second kappa shape index (κ2) is 9.93. The standard InChI is InChI=1S/C28H27ClN2O5S/c29-23-12-8-20(9-13-23)21-10-14-24(15-11-21)37(35,36)31(18-17-30-16-4-7-26(30)32)28(27(33)34)19-25(28)22-5-2-1-3-6-22/h1-3,5-6,8-15,25H,4,7,16-19H2,(H,33,34)/t25-,28+/m0/s1. The van der Waals surface area contributed by atoms with E-state index < -0.39 is 27.4 Å². The molecule has 1 N–H and O–H groups in total. The number of carbonyl (C=O) groups is 2. The number of nitrogens with zero attached hydrogens (tertiary/aromatic N) is 2. The molecule has 9 heteroatoms. The lowest BCUT2D eigenvalue weighted by Gasteiger charge is -2.31. The molecule has 2 fully saturated rings. The van der Waals surface area contributed by atoms with Crippen molar-refractivity contribution < 1.29 is 23.1 Å². The molecule has 192 valence electrons. The molecule has 1 heterocycles. The second-order valence-corrected chi connectivity index (χ2v) is 11.8. The van der Waals surface area contributed by atoms with Crippen LogP contribution in [0.1, 0.15) is 30.7 Å². The van der Waals surface area contributed by atoms with Crippen LogP contribution in [0.2, 0.25) is 5.02 Å². The highest BCUT2D eigenvalue weighted by atomic mass is 35.5. The first-order valence-corrected chi connectivity index (χ1v) is 14.0. The van der Waals surface area contributed by atoms with E-state index in [1.54, 1.807) is 29.2 Å². The number of hydrogen-bond donors (Lipinski definition) is 1. The Labute approximate surface area is 221 Å². The molecular formula is C28H27ClN2O5S. The van der Waals surface area contributed by atoms with E-state index >= 15 is 0 Å². The molecule has 0 radical (unpaired) electrons. The summed E-state index contributed by atoms with van der Waals surface area (Å²) < 4.78 is 29.2. The molecule has 0 unspecified atom stereocenters. The van der Waals surface area contributed by atoms with Gasteiger partial charge in [0, 0.05) is 37.0 Å². The second-order valence-electron chi connectivity index (χ2n) is 9.49. The normalized spacial score (nSPS) is 21.4. The van der Waals surface area contributed by atoms with Crippen LogP contribution in [0.3, 0.4) is 0 Å². The van der Waals surface area contributed by atoms with Crippen LogP contribution in [0.5, 0.6) is 0 Å². The fourth-order valence-electron chi connectivity index (χ4n) is 5.22. The molecule has 0 spiro atoms. The van der Waals surface area contributed by atoms with Crippen LogP contribution >= 0.6 is 11.6 Å². The first-order valence-electron chi connectivity index (χ1n) is 12.2. The van der Waals surface area contributed by atoms with E-state index in [0.717, 1.165) is 21.0 Å². The van der Waals surface area contributed by atoms with Gasteiger partial charge in [-0.05, 0) is 53.8 Å². The fraction of sp³-hybridized carbons (Fsp3) is 0.286. The van der Waals surface area contributed by atoms with E-state index in [2.05, 4.69) is 0 Å². The van der Waals surface area contributed by atoms with Crippen LogP contribution in [0, 0.1) is 0 Å². The van der Waals surface area contributed by atoms with E-state index in [1.807, 2.05) is 42.5 Å². The summed E-state index contributed by atoms with van der Waals surface area (Å²) in [5.74, 6) is -1.71. The summed E-state index contributed by atoms with van der Waals surface area (Å²) in [6.45, 7) is 0.602. The fourth-order valence-corrected chi connectivity index (χ4v) is 7.12. The zero-order valence-corrected chi connectivity index (χ0v) is 21.7. The number of benzene rings is 3. The van der Waals surface area contributed by atoms with E-state index in [0.29, 0.717) is 24.4 Å². The maximum Gasteiger partial charge on any atom is 0.325 e. The molecule has 1 aliphatic carbocycles. The van der Waals surface area contributed by atoms with Crippen molar-refractivity contribution in [3.63, 3.8) is 0 Å². The summed E-state index contributed by atoms with van der Waals surface area (Å²) in [5, 5.41) is 11.0. The molecule has 1 amide bonds. The van der Waals surface area contributed by atoms with Crippen LogP contribution in [-0.4, -0.2) is 59.8 Å². The first kappa shape index (κ1) is 25.4. The largest absolute Gasteiger partial charge is 0.480 e. The van der Waals surface area contributed by atoms with Crippen molar-refractivity contribution in [1.29, 1.82) is 0 Å². The maximum absolute atomic E-state index is 14.0. The van der Waals surface area contributed by atoms with Crippen LogP contribution in [0.25, 0.3) is 11.1 Å². The summed E-state index contributed by atoms with van der Waals surface area (Å²) in [7, 11) is -4.20. The lowest BCUT2D eigenvalue weighted by molar-refractivity contribution is -0.143. The summed E-state index contributed by atoms with van der Waals surface area (Å²) in [6, 6.07) is 22.7. The highest BCUT2D eigenvalue weighted by molar-refractivity contribution is 7.89. The van der Waals surface area contributed by atoms with Gasteiger partial charge in [0.15, 0.2) is 0 Å². The van der Waals surface area contributed by atoms with Crippen molar-refractivity contribution in [2.45, 2.75) is 35.6 Å². The average Bonchev–Trinajstić information content (AvgIpc) is 3.53. The highest BCUT2D eigenvalue weighted by Gasteiger charge is 2.67. The van der Waals surface area contributed by atoms with Gasteiger partial charge in [0.05, 0.1) is 4.90 Å². The van der Waals surface area contributed by atoms with E-state index in [4.69, 9.17) is 11.6 Å². The minimum Gasteiger partial charge on any atom is -0.480 e. The van der Waals surface area contributed by atoms with E-state index in [-0.39, 0.29) is 30.3 Å². The third kappa shape index (κ3) is 4.77. The Balaban J connectivity index is 1.50. The molecule has 2 atom stereocenters. The number of carboxylic acid groups (broad SMARTS) is 1. The number of rotatable bonds is 9. The predicted octanol–water partition coefficient (Wildman–Crippen LogP) is 4.63. The SMILES string of the molecule is O=C1CCCN1CCN([C@]1(C(=O)O)C[C@H]1c1ccccc1)S(=O)(=O)c1ccc(-c2ccc(Cl)cc2)cc1. The summed E-state index contributed by atoms with van der Waals surface area (Å²) in [4.78, 5) is 26.6. The molecule has 0 bridgehead atoms. The molecule has 1 saturated heterocycles. The minimum absolute atomic E-state index is 0.0114. The van der Waals surface area contributed by atoms with Crippen LogP contribution in [0.15, 0.2) is 83.8 Å². The highest BCUT2D eigenvalue weighted by Crippen LogP contribution is 2.57. The Bertz CT molecular complexity index is 1410. The molecule has 1 saturated carbocycles. The van der Waals surface area contributed by atoms with Crippen molar-refractivity contribution >= 4 is 33.5 Å². The quantitative estimate of drug-likeness (QED) is 0.428. The number of aliphatic carboxylic acids is 1. The maximum atomic E-state index is 14.0. The number of likely N-dealkylation sites (tertiary alicyclic amines) is 1. The Morgan fingerprint density at radius 3 is 2.19 bits per heavy atom. The van der Waals surface area contributed by atoms with Gasteiger partial charge in [-0.1, -0.05) is 66.2 Å². The van der Waals surface area contributed by atoms with Gasteiger partial charge < -0.3 is 10.0 Å². The molecule has 3 aromatic carbocycles. The molecule has 5 rings (SSSR count). The number of carbonyl (C=O) groups excluding carboxylic acids is 1. The molecular weight excluding hydrogens is 512 g/mol. The molecule has 3 aromatic rings. The number of hydrogen-bond acceptors (Lipinski definition) is 4. The summed E-state index contributed by atoms with van der Waals surface area (Å²) >= 11 is 5.98. The molecule has 2 aliphatic rings. The van der Waals surface area contributed by atoms with Crippen LogP contribution in [-0.2, 0) is 19.6 Å². The smallest absolute Gasteiger partial charge is 0.325 e. The molecule has 0 aromatic heterocycles. The third-order valence-corrected chi connectivity index (χ3v) is 9.52. The van der Waals surface area contributed by atoms with Crippen molar-refractivity contribution in [2.24, 2.45) is 0 Å². The zero-order valence-electron chi connectivity index (χ0n) is 20.1. The zero-order chi connectivity index (χ0) is 26.2. The Kier molecular flexibility index (Phi) is 6.83. The Morgan fingerprint density at radius 1 is 1.00 bits per heavy atom. The van der Waals surface area contributed by atoms with Crippen molar-refractivity contribution in [3.8, 4) is 11.1 Å². The van der Waals surface area contributed by atoms with Gasteiger partial charge in [-0.25, -0.2) is 8.42 Å². The predicted molar refractivity (Wildman–Crippen MR) is 141 cm³/mol. The minimum atomic E-state index is -4.20. The van der Waals surface area contributed by atoms with Gasteiger partial charge in [-0.2, -0.15) is 4.31 Å². The van der Waals surface area contributed by atoms with E-state index in [9.17, 15) is 23.1 Å². The third-order valence-electron chi connectivity index (χ3n) is 7.31. The lowest BCUT2D eigenvalue weighted by Crippen LogP contribution is -2.51. The molecule has 7 nitrogen and oxygen atoms in total. The van der Waals surface area contributed by atoms with Crippen LogP contribution in [0.4, 0.5) is 0 Å². The van der Waals surface area contributed by atoms with Gasteiger partial charge >= 0.3 is 5.97 Å². The first-order chi connectivity index (χ1) is 17.7. The molecule has 37 heavy (non-hydrogen) atoms. The van der Waals surface area contributed by atoms with Gasteiger partial charge in [-0.15, -0.1) is 0 Å². The average molecular weight is 539 g/mol. The van der Waals surface area contributed by atoms with Crippen molar-refractivity contribution in [3.05, 3.63) is 89.4 Å². The van der Waals surface area contributed by atoms with E-state index in [1.165, 1.54) is 12.1 Å². The van der Waals surface area contributed by atoms with Gasteiger partial charge in [0.25, 0.3) is 0 Å². The topological polar surface area (TPSA) is 95.0 Å². The lowest BCUT2D eigenvalue weighted by atomic mass is 10.1. The van der Waals surface area contributed by atoms with Crippen molar-refractivity contribution in [2.75, 3.05) is 19.6 Å². The summed E-state index contributed by atoms with van der Waals surface area (Å²) in [5.41, 5.74) is 0.857. The number of sulfonamides is 1. The van der Waals surface area contributed by atoms with Crippen LogP contribution < -0.4 is 0 Å². The Morgan fingerprint density at radius 2 is 1.62 bits per heavy atom. The monoisotopic (exact) mass is 538 g/mol. The number of halogens is 1. The van der Waals surface area contributed by atoms with Gasteiger partial charge in [-0.3, -0.25) is 9.59 Å². The summed E-state index contributed by atoms with van der Waals surface area (Å²) in [6.07, 6.45) is 1.31. The van der Waals surface area contributed by atoms with Gasteiger partial charge in [0.2, 0.25) is 15.9 Å². The van der Waals surface area contributed by atoms with Crippen molar-refractivity contribution in [1.82, 2.24) is 9.21 Å². The molecule has 1 aliphatic heterocycles.